The monoisotopic (exact) mass is 453 g/mol. The lowest BCUT2D eigenvalue weighted by atomic mass is 9.83. The first-order valence-corrected chi connectivity index (χ1v) is 10.9. The van der Waals surface area contributed by atoms with Crippen molar-refractivity contribution >= 4 is 23.5 Å². The average molecular weight is 453 g/mol. The molecule has 0 aromatic heterocycles. The molecule has 5 rings (SSSR count). The zero-order valence-electron chi connectivity index (χ0n) is 19.3. The van der Waals surface area contributed by atoms with E-state index in [-0.39, 0.29) is 17.0 Å². The number of carbonyl (C=O) groups excluding carboxylic acids is 2. The summed E-state index contributed by atoms with van der Waals surface area (Å²) < 4.78 is 16.9. The van der Waals surface area contributed by atoms with Crippen molar-refractivity contribution in [3.8, 4) is 11.1 Å². The first kappa shape index (κ1) is 21.6. The fraction of sp³-hybridized carbons (Fsp3) is 0.179. The third-order valence-electron chi connectivity index (χ3n) is 6.40. The second kappa shape index (κ2) is 7.99. The third kappa shape index (κ3) is 2.91. The normalized spacial score (nSPS) is 16.3. The minimum Gasteiger partial charge on any atom is -0.466 e. The standard InChI is InChI=1S/C28H23NO5/c1-16-10-9-11-17(2)24(16)29-25-22(26(30)32-3)23(27(31)33-4)28(34-25)20-14-7-5-12-18(20)19-13-6-8-15-21(19)28/h5-15H,1-4H3. The minimum atomic E-state index is -1.39. The highest BCUT2D eigenvalue weighted by molar-refractivity contribution is 6.25. The first-order valence-electron chi connectivity index (χ1n) is 10.9. The van der Waals surface area contributed by atoms with Crippen molar-refractivity contribution in [2.24, 2.45) is 4.99 Å². The highest BCUT2D eigenvalue weighted by atomic mass is 16.6. The molecule has 0 radical (unpaired) electrons. The smallest absolute Gasteiger partial charge is 0.344 e. The number of para-hydroxylation sites is 1. The van der Waals surface area contributed by atoms with E-state index in [1.807, 2.05) is 80.6 Å². The molecule has 0 atom stereocenters. The highest BCUT2D eigenvalue weighted by Crippen LogP contribution is 2.57. The van der Waals surface area contributed by atoms with Crippen LogP contribution in [0.1, 0.15) is 22.3 Å². The van der Waals surface area contributed by atoms with Crippen molar-refractivity contribution in [1.82, 2.24) is 0 Å². The van der Waals surface area contributed by atoms with Crippen LogP contribution in [0.5, 0.6) is 0 Å². The van der Waals surface area contributed by atoms with Crippen molar-refractivity contribution in [3.63, 3.8) is 0 Å². The molecule has 1 spiro atoms. The van der Waals surface area contributed by atoms with E-state index in [0.29, 0.717) is 5.69 Å². The highest BCUT2D eigenvalue weighted by Gasteiger charge is 2.59. The van der Waals surface area contributed by atoms with Gasteiger partial charge in [-0.3, -0.25) is 0 Å². The number of hydrogen-bond donors (Lipinski definition) is 0. The Labute approximate surface area is 197 Å². The molecule has 0 saturated carbocycles. The predicted octanol–water partition coefficient (Wildman–Crippen LogP) is 4.93. The van der Waals surface area contributed by atoms with Crippen molar-refractivity contribution in [1.29, 1.82) is 0 Å². The number of ether oxygens (including phenoxy) is 3. The van der Waals surface area contributed by atoms with Crippen LogP contribution in [0.25, 0.3) is 11.1 Å². The van der Waals surface area contributed by atoms with Gasteiger partial charge >= 0.3 is 11.9 Å². The topological polar surface area (TPSA) is 74.2 Å². The van der Waals surface area contributed by atoms with Gasteiger partial charge in [-0.2, -0.15) is 0 Å². The predicted molar refractivity (Wildman–Crippen MR) is 128 cm³/mol. The average Bonchev–Trinajstić information content (AvgIpc) is 3.34. The maximum atomic E-state index is 13.3. The van der Waals surface area contributed by atoms with Crippen LogP contribution in [0.2, 0.25) is 0 Å². The van der Waals surface area contributed by atoms with Crippen LogP contribution < -0.4 is 0 Å². The molecule has 3 aromatic rings. The summed E-state index contributed by atoms with van der Waals surface area (Å²) in [6.45, 7) is 3.86. The molecule has 3 aromatic carbocycles. The zero-order valence-corrected chi connectivity index (χ0v) is 19.3. The van der Waals surface area contributed by atoms with Gasteiger partial charge in [0.05, 0.1) is 19.9 Å². The van der Waals surface area contributed by atoms with Crippen molar-refractivity contribution in [2.75, 3.05) is 14.2 Å². The Morgan fingerprint density at radius 1 is 0.765 bits per heavy atom. The van der Waals surface area contributed by atoms with Gasteiger partial charge in [0.25, 0.3) is 0 Å². The number of carbonyl (C=O) groups is 2. The number of rotatable bonds is 3. The maximum Gasteiger partial charge on any atom is 0.344 e. The molecule has 34 heavy (non-hydrogen) atoms. The Balaban J connectivity index is 1.89. The third-order valence-corrected chi connectivity index (χ3v) is 6.40. The number of benzene rings is 3. The van der Waals surface area contributed by atoms with E-state index in [2.05, 4.69) is 0 Å². The fourth-order valence-corrected chi connectivity index (χ4v) is 4.91. The molecule has 0 fully saturated rings. The summed E-state index contributed by atoms with van der Waals surface area (Å²) in [4.78, 5) is 31.2. The maximum absolute atomic E-state index is 13.3. The molecule has 0 N–H and O–H groups in total. The Hall–Kier alpha value is -4.19. The summed E-state index contributed by atoms with van der Waals surface area (Å²) in [6, 6.07) is 21.2. The van der Waals surface area contributed by atoms with Crippen LogP contribution in [-0.2, 0) is 29.4 Å². The summed E-state index contributed by atoms with van der Waals surface area (Å²) in [6.07, 6.45) is 0. The number of nitrogens with zero attached hydrogens (tertiary/aromatic N) is 1. The molecule has 6 nitrogen and oxygen atoms in total. The Morgan fingerprint density at radius 2 is 1.29 bits per heavy atom. The summed E-state index contributed by atoms with van der Waals surface area (Å²) >= 11 is 0. The Morgan fingerprint density at radius 3 is 1.82 bits per heavy atom. The second-order valence-corrected chi connectivity index (χ2v) is 8.26. The lowest BCUT2D eigenvalue weighted by Crippen LogP contribution is -2.32. The van der Waals surface area contributed by atoms with E-state index in [4.69, 9.17) is 19.2 Å². The Bertz CT molecular complexity index is 1350. The van der Waals surface area contributed by atoms with Gasteiger partial charge in [-0.05, 0) is 36.1 Å². The van der Waals surface area contributed by atoms with Gasteiger partial charge in [-0.25, -0.2) is 14.6 Å². The molecule has 0 amide bonds. The van der Waals surface area contributed by atoms with Crippen LogP contribution in [0.4, 0.5) is 5.69 Å². The molecule has 0 saturated heterocycles. The number of methoxy groups -OCH3 is 2. The van der Waals surface area contributed by atoms with E-state index in [9.17, 15) is 9.59 Å². The lowest BCUT2D eigenvalue weighted by Gasteiger charge is -2.28. The summed E-state index contributed by atoms with van der Waals surface area (Å²) in [5.41, 5.74) is 4.43. The van der Waals surface area contributed by atoms with Crippen LogP contribution >= 0.6 is 0 Å². The van der Waals surface area contributed by atoms with Gasteiger partial charge in [-0.1, -0.05) is 66.7 Å². The van der Waals surface area contributed by atoms with Gasteiger partial charge in [-0.15, -0.1) is 0 Å². The largest absolute Gasteiger partial charge is 0.466 e. The molecule has 0 bridgehead atoms. The van der Waals surface area contributed by atoms with Crippen LogP contribution in [0.3, 0.4) is 0 Å². The zero-order chi connectivity index (χ0) is 24.0. The summed E-state index contributed by atoms with van der Waals surface area (Å²) in [5, 5.41) is 0. The molecular weight excluding hydrogens is 430 g/mol. The van der Waals surface area contributed by atoms with E-state index in [0.717, 1.165) is 33.4 Å². The Kier molecular flexibility index (Phi) is 5.09. The molecular formula is C28H23NO5. The summed E-state index contributed by atoms with van der Waals surface area (Å²) in [5.74, 6) is -1.38. The van der Waals surface area contributed by atoms with E-state index < -0.39 is 17.5 Å². The SMILES string of the molecule is COC(=O)C1=C(C(=O)OC)C2(OC1=Nc1c(C)cccc1C)c1ccccc1-c1ccccc12. The molecule has 2 aliphatic rings. The molecule has 1 heterocycles. The molecule has 170 valence electrons. The van der Waals surface area contributed by atoms with Gasteiger partial charge in [0.1, 0.15) is 11.1 Å². The minimum absolute atomic E-state index is 0.0242. The van der Waals surface area contributed by atoms with Gasteiger partial charge < -0.3 is 14.2 Å². The summed E-state index contributed by atoms with van der Waals surface area (Å²) in [7, 11) is 2.55. The van der Waals surface area contributed by atoms with Crippen molar-refractivity contribution in [3.05, 3.63) is 100 Å². The lowest BCUT2D eigenvalue weighted by molar-refractivity contribution is -0.139. The molecule has 1 aliphatic heterocycles. The van der Waals surface area contributed by atoms with Crippen LogP contribution in [0.15, 0.2) is 82.9 Å². The first-order chi connectivity index (χ1) is 16.4. The molecule has 0 unspecified atom stereocenters. The van der Waals surface area contributed by atoms with E-state index in [1.165, 1.54) is 14.2 Å². The van der Waals surface area contributed by atoms with Gasteiger partial charge in [0.15, 0.2) is 5.60 Å². The number of esters is 2. The van der Waals surface area contributed by atoms with Crippen LogP contribution in [0, 0.1) is 13.8 Å². The van der Waals surface area contributed by atoms with Crippen molar-refractivity contribution < 1.29 is 23.8 Å². The molecule has 1 aliphatic carbocycles. The number of fused-ring (bicyclic) bond motifs is 5. The number of aryl methyl sites for hydroxylation is 2. The van der Waals surface area contributed by atoms with Crippen molar-refractivity contribution in [2.45, 2.75) is 19.4 Å². The number of aliphatic imine (C=N–C) groups is 1. The van der Waals surface area contributed by atoms with E-state index >= 15 is 0 Å². The van der Waals surface area contributed by atoms with E-state index in [1.54, 1.807) is 0 Å². The molecule has 6 heteroatoms. The quantitative estimate of drug-likeness (QED) is 0.526. The van der Waals surface area contributed by atoms with Gasteiger partial charge in [0.2, 0.25) is 5.90 Å². The fourth-order valence-electron chi connectivity index (χ4n) is 4.91. The van der Waals surface area contributed by atoms with Crippen LogP contribution in [-0.4, -0.2) is 32.1 Å². The van der Waals surface area contributed by atoms with Gasteiger partial charge in [0, 0.05) is 11.1 Å². The number of hydrogen-bond acceptors (Lipinski definition) is 6. The second-order valence-electron chi connectivity index (χ2n) is 8.26.